The van der Waals surface area contributed by atoms with Crippen LogP contribution in [0.4, 0.5) is 4.79 Å². The summed E-state index contributed by atoms with van der Waals surface area (Å²) in [6.45, 7) is 0.103. The summed E-state index contributed by atoms with van der Waals surface area (Å²) in [5, 5.41) is 14.7. The lowest BCUT2D eigenvalue weighted by molar-refractivity contribution is -0.128. The Morgan fingerprint density at radius 1 is 1.35 bits per heavy atom. The van der Waals surface area contributed by atoms with Crippen molar-refractivity contribution in [1.29, 1.82) is 0 Å². The molecule has 2 rings (SSSR count). The van der Waals surface area contributed by atoms with Crippen LogP contribution in [0.5, 0.6) is 0 Å². The number of carbonyl (C=O) groups is 3. The van der Waals surface area contributed by atoms with Gasteiger partial charge in [0.05, 0.1) is 19.2 Å². The van der Waals surface area contributed by atoms with E-state index in [0.717, 1.165) is 11.3 Å². The van der Waals surface area contributed by atoms with Crippen LogP contribution in [-0.2, 0) is 16.1 Å². The van der Waals surface area contributed by atoms with Crippen LogP contribution >= 0.6 is 11.8 Å². The molecule has 1 aromatic rings. The molecule has 0 aromatic heterocycles. The highest BCUT2D eigenvalue weighted by molar-refractivity contribution is 7.98. The Balaban J connectivity index is 1.82. The third kappa shape index (κ3) is 5.74. The number of aliphatic hydroxyl groups is 1. The number of hydrogen-bond acceptors (Lipinski definition) is 5. The Hall–Kier alpha value is -2.06. The summed E-state index contributed by atoms with van der Waals surface area (Å²) >= 11 is 1.65. The van der Waals surface area contributed by atoms with E-state index in [1.54, 1.807) is 11.8 Å². The van der Waals surface area contributed by atoms with Crippen LogP contribution in [0, 0.1) is 0 Å². The first-order valence-electron chi connectivity index (χ1n) is 8.60. The van der Waals surface area contributed by atoms with E-state index in [9.17, 15) is 19.5 Å². The molecule has 1 aliphatic heterocycles. The molecular weight excluding hydrogens is 354 g/mol. The number of hydrogen-bond donors (Lipinski definition) is 3. The number of aliphatic hydroxyl groups excluding tert-OH is 1. The Morgan fingerprint density at radius 2 is 2.08 bits per heavy atom. The summed E-state index contributed by atoms with van der Waals surface area (Å²) in [5.74, 6) is 0.304. The van der Waals surface area contributed by atoms with Gasteiger partial charge in [-0.3, -0.25) is 14.5 Å². The number of thioether (sulfide) groups is 1. The molecule has 1 fully saturated rings. The van der Waals surface area contributed by atoms with Gasteiger partial charge in [-0.15, -0.1) is 0 Å². The fraction of sp³-hybridized carbons (Fsp3) is 0.500. The van der Waals surface area contributed by atoms with E-state index in [-0.39, 0.29) is 43.8 Å². The smallest absolute Gasteiger partial charge is 0.325 e. The molecular formula is C18H25N3O4S. The molecule has 3 N–H and O–H groups in total. The quantitative estimate of drug-likeness (QED) is 0.529. The number of rotatable bonds is 10. The molecule has 0 saturated carbocycles. The van der Waals surface area contributed by atoms with Gasteiger partial charge >= 0.3 is 6.03 Å². The minimum atomic E-state index is -0.685. The van der Waals surface area contributed by atoms with Crippen LogP contribution in [0.25, 0.3) is 0 Å². The number of imide groups is 1. The van der Waals surface area contributed by atoms with E-state index in [1.807, 2.05) is 36.6 Å². The van der Waals surface area contributed by atoms with Crippen molar-refractivity contribution in [2.24, 2.45) is 0 Å². The second-order valence-corrected chi connectivity index (χ2v) is 7.16. The lowest BCUT2D eigenvalue weighted by Crippen LogP contribution is -2.39. The Labute approximate surface area is 157 Å². The van der Waals surface area contributed by atoms with Gasteiger partial charge in [0.15, 0.2) is 0 Å². The summed E-state index contributed by atoms with van der Waals surface area (Å²) < 4.78 is 0. The summed E-state index contributed by atoms with van der Waals surface area (Å²) in [6.07, 6.45) is 3.01. The second kappa shape index (κ2) is 10.2. The first-order valence-corrected chi connectivity index (χ1v) is 9.99. The molecule has 0 radical (unpaired) electrons. The minimum Gasteiger partial charge on any atom is -0.394 e. The molecule has 8 heteroatoms. The molecule has 0 aliphatic carbocycles. The first kappa shape index (κ1) is 20.3. The molecule has 1 aliphatic rings. The molecule has 26 heavy (non-hydrogen) atoms. The molecule has 0 spiro atoms. The highest BCUT2D eigenvalue weighted by Gasteiger charge is 2.37. The van der Waals surface area contributed by atoms with Gasteiger partial charge in [0.25, 0.3) is 5.91 Å². The van der Waals surface area contributed by atoms with Gasteiger partial charge in [-0.05, 0) is 30.4 Å². The predicted molar refractivity (Wildman–Crippen MR) is 101 cm³/mol. The van der Waals surface area contributed by atoms with Gasteiger partial charge in [-0.2, -0.15) is 11.8 Å². The van der Waals surface area contributed by atoms with Crippen LogP contribution in [0.1, 0.15) is 24.8 Å². The predicted octanol–water partition coefficient (Wildman–Crippen LogP) is 1.12. The van der Waals surface area contributed by atoms with Gasteiger partial charge < -0.3 is 15.7 Å². The maximum Gasteiger partial charge on any atom is 0.325 e. The van der Waals surface area contributed by atoms with Crippen molar-refractivity contribution >= 4 is 29.6 Å². The Morgan fingerprint density at radius 3 is 2.73 bits per heavy atom. The molecule has 0 bridgehead atoms. The van der Waals surface area contributed by atoms with Gasteiger partial charge in [0, 0.05) is 6.42 Å². The van der Waals surface area contributed by atoms with Crippen molar-refractivity contribution in [3.8, 4) is 0 Å². The molecule has 142 valence electrons. The number of nitrogens with zero attached hydrogens (tertiary/aromatic N) is 1. The van der Waals surface area contributed by atoms with Crippen molar-refractivity contribution in [2.75, 3.05) is 18.6 Å². The zero-order chi connectivity index (χ0) is 18.9. The van der Waals surface area contributed by atoms with Crippen molar-refractivity contribution in [3.05, 3.63) is 35.9 Å². The van der Waals surface area contributed by atoms with Crippen molar-refractivity contribution < 1.29 is 19.5 Å². The second-order valence-electron chi connectivity index (χ2n) is 6.18. The zero-order valence-corrected chi connectivity index (χ0v) is 15.6. The fourth-order valence-electron chi connectivity index (χ4n) is 2.73. The highest BCUT2D eigenvalue weighted by Crippen LogP contribution is 2.15. The van der Waals surface area contributed by atoms with E-state index in [2.05, 4.69) is 10.6 Å². The largest absolute Gasteiger partial charge is 0.394 e. The maximum atomic E-state index is 12.4. The van der Waals surface area contributed by atoms with Crippen LogP contribution in [0.2, 0.25) is 0 Å². The van der Waals surface area contributed by atoms with Crippen LogP contribution in [-0.4, -0.2) is 58.6 Å². The van der Waals surface area contributed by atoms with Gasteiger partial charge in [-0.25, -0.2) is 4.79 Å². The average molecular weight is 379 g/mol. The molecule has 0 unspecified atom stereocenters. The number of urea groups is 1. The number of carbonyl (C=O) groups excluding carboxylic acids is 3. The SMILES string of the molecule is CSCC[C@H](CO)NC(=O)CC[C@@H]1NC(=O)N(Cc2ccccc2)C1=O. The van der Waals surface area contributed by atoms with Gasteiger partial charge in [0.2, 0.25) is 5.91 Å². The van der Waals surface area contributed by atoms with Crippen LogP contribution in [0.15, 0.2) is 30.3 Å². The summed E-state index contributed by atoms with van der Waals surface area (Å²) in [5.41, 5.74) is 0.869. The first-order chi connectivity index (χ1) is 12.5. The standard InChI is InChI=1S/C18H25N3O4S/c1-26-10-9-14(12-22)19-16(23)8-7-15-17(24)21(18(25)20-15)11-13-5-3-2-4-6-13/h2-6,14-15,22H,7-12H2,1H3,(H,19,23)(H,20,25)/t14-,15+/m1/s1. The van der Waals surface area contributed by atoms with Crippen LogP contribution < -0.4 is 10.6 Å². The average Bonchev–Trinajstić information content (AvgIpc) is 2.91. The molecule has 1 saturated heterocycles. The monoisotopic (exact) mass is 379 g/mol. The molecule has 1 heterocycles. The fourth-order valence-corrected chi connectivity index (χ4v) is 3.25. The summed E-state index contributed by atoms with van der Waals surface area (Å²) in [7, 11) is 0. The topological polar surface area (TPSA) is 98.7 Å². The maximum absolute atomic E-state index is 12.4. The van der Waals surface area contributed by atoms with E-state index < -0.39 is 12.1 Å². The lowest BCUT2D eigenvalue weighted by Gasteiger charge is -2.16. The summed E-state index contributed by atoms with van der Waals surface area (Å²) in [4.78, 5) is 37.7. The third-order valence-electron chi connectivity index (χ3n) is 4.21. The molecule has 1 aromatic carbocycles. The summed E-state index contributed by atoms with van der Waals surface area (Å²) in [6, 6.07) is 7.88. The van der Waals surface area contributed by atoms with E-state index >= 15 is 0 Å². The number of benzene rings is 1. The lowest BCUT2D eigenvalue weighted by atomic mass is 10.1. The highest BCUT2D eigenvalue weighted by atomic mass is 32.2. The van der Waals surface area contributed by atoms with Crippen molar-refractivity contribution in [3.63, 3.8) is 0 Å². The molecule has 2 atom stereocenters. The van der Waals surface area contributed by atoms with Gasteiger partial charge in [0.1, 0.15) is 6.04 Å². The third-order valence-corrected chi connectivity index (χ3v) is 4.85. The van der Waals surface area contributed by atoms with E-state index in [0.29, 0.717) is 6.42 Å². The molecule has 7 nitrogen and oxygen atoms in total. The number of nitrogens with one attached hydrogen (secondary N) is 2. The number of amides is 4. The van der Waals surface area contributed by atoms with Gasteiger partial charge in [-0.1, -0.05) is 30.3 Å². The normalized spacial score (nSPS) is 17.9. The van der Waals surface area contributed by atoms with Crippen LogP contribution in [0.3, 0.4) is 0 Å². The van der Waals surface area contributed by atoms with Crippen molar-refractivity contribution in [2.45, 2.75) is 37.9 Å². The Kier molecular flexibility index (Phi) is 7.93. The molecule has 4 amide bonds. The minimum absolute atomic E-state index is 0.115. The van der Waals surface area contributed by atoms with Crippen molar-refractivity contribution in [1.82, 2.24) is 15.5 Å². The zero-order valence-electron chi connectivity index (χ0n) is 14.8. The van der Waals surface area contributed by atoms with E-state index in [4.69, 9.17) is 0 Å². The van der Waals surface area contributed by atoms with E-state index in [1.165, 1.54) is 4.90 Å². The Bertz CT molecular complexity index is 626.